The van der Waals surface area contributed by atoms with Gasteiger partial charge in [-0.15, -0.1) is 0 Å². The Balaban J connectivity index is 1.60. The number of carbonyl (C=O) groups excluding carboxylic acids is 3. The SMILES string of the molecule is O=C(NCCN1C(=O)S/C(=C\c2ccccc2)C1=O)c1cc(Br)ccc1F. The van der Waals surface area contributed by atoms with Gasteiger partial charge in [-0.25, -0.2) is 4.39 Å². The highest BCUT2D eigenvalue weighted by molar-refractivity contribution is 9.10. The van der Waals surface area contributed by atoms with Crippen LogP contribution in [0.5, 0.6) is 0 Å². The molecular weight excluding hydrogens is 435 g/mol. The maximum atomic E-state index is 13.7. The molecule has 1 aliphatic heterocycles. The van der Waals surface area contributed by atoms with Crippen LogP contribution >= 0.6 is 27.7 Å². The Hall–Kier alpha value is -2.45. The van der Waals surface area contributed by atoms with Crippen LogP contribution in [0, 0.1) is 5.82 Å². The van der Waals surface area contributed by atoms with Gasteiger partial charge in [0.15, 0.2) is 0 Å². The molecule has 1 saturated heterocycles. The summed E-state index contributed by atoms with van der Waals surface area (Å²) < 4.78 is 14.3. The molecule has 0 aliphatic carbocycles. The van der Waals surface area contributed by atoms with Crippen LogP contribution in [-0.4, -0.2) is 35.0 Å². The Bertz CT molecular complexity index is 934. The van der Waals surface area contributed by atoms with E-state index in [1.165, 1.54) is 18.2 Å². The highest BCUT2D eigenvalue weighted by atomic mass is 79.9. The van der Waals surface area contributed by atoms with Crippen molar-refractivity contribution >= 4 is 50.8 Å². The lowest BCUT2D eigenvalue weighted by Crippen LogP contribution is -2.37. The van der Waals surface area contributed by atoms with E-state index in [2.05, 4.69) is 21.2 Å². The zero-order valence-electron chi connectivity index (χ0n) is 13.9. The van der Waals surface area contributed by atoms with Gasteiger partial charge in [-0.3, -0.25) is 19.3 Å². The molecule has 3 rings (SSSR count). The van der Waals surface area contributed by atoms with Crippen LogP contribution < -0.4 is 5.32 Å². The molecule has 0 bridgehead atoms. The van der Waals surface area contributed by atoms with Crippen LogP contribution in [0.15, 0.2) is 57.9 Å². The van der Waals surface area contributed by atoms with Crippen molar-refractivity contribution in [1.82, 2.24) is 10.2 Å². The predicted molar refractivity (Wildman–Crippen MR) is 106 cm³/mol. The van der Waals surface area contributed by atoms with Gasteiger partial charge in [0.25, 0.3) is 17.1 Å². The van der Waals surface area contributed by atoms with Crippen molar-refractivity contribution in [2.24, 2.45) is 0 Å². The summed E-state index contributed by atoms with van der Waals surface area (Å²) in [5, 5.41) is 2.13. The summed E-state index contributed by atoms with van der Waals surface area (Å²) in [5.41, 5.74) is 0.712. The quantitative estimate of drug-likeness (QED) is 0.700. The number of hydrogen-bond acceptors (Lipinski definition) is 4. The van der Waals surface area contributed by atoms with Gasteiger partial charge >= 0.3 is 0 Å². The predicted octanol–water partition coefficient (Wildman–Crippen LogP) is 4.05. The summed E-state index contributed by atoms with van der Waals surface area (Å²) in [6.07, 6.45) is 1.65. The van der Waals surface area contributed by atoms with Crippen LogP contribution in [0.25, 0.3) is 6.08 Å². The van der Waals surface area contributed by atoms with Crippen LogP contribution in [0.2, 0.25) is 0 Å². The smallest absolute Gasteiger partial charge is 0.293 e. The fourth-order valence-corrected chi connectivity index (χ4v) is 3.67. The van der Waals surface area contributed by atoms with Crippen molar-refractivity contribution in [3.8, 4) is 0 Å². The zero-order valence-corrected chi connectivity index (χ0v) is 16.3. The summed E-state index contributed by atoms with van der Waals surface area (Å²) in [4.78, 5) is 38.0. The second kappa shape index (κ2) is 8.49. The number of carbonyl (C=O) groups is 3. The van der Waals surface area contributed by atoms with Gasteiger partial charge < -0.3 is 5.32 Å². The minimum Gasteiger partial charge on any atom is -0.350 e. The van der Waals surface area contributed by atoms with Gasteiger partial charge in [-0.1, -0.05) is 46.3 Å². The fourth-order valence-electron chi connectivity index (χ4n) is 2.44. The average molecular weight is 449 g/mol. The average Bonchev–Trinajstić information content (AvgIpc) is 2.91. The lowest BCUT2D eigenvalue weighted by Gasteiger charge is -2.13. The van der Waals surface area contributed by atoms with Gasteiger partial charge in [-0.2, -0.15) is 0 Å². The lowest BCUT2D eigenvalue weighted by molar-refractivity contribution is -0.122. The first-order valence-corrected chi connectivity index (χ1v) is 9.60. The summed E-state index contributed by atoms with van der Waals surface area (Å²) in [6, 6.07) is 13.3. The summed E-state index contributed by atoms with van der Waals surface area (Å²) in [7, 11) is 0. The number of nitrogens with one attached hydrogen (secondary N) is 1. The van der Waals surface area contributed by atoms with Crippen molar-refractivity contribution < 1.29 is 18.8 Å². The molecule has 2 aromatic carbocycles. The molecule has 0 unspecified atom stereocenters. The number of halogens is 2. The Morgan fingerprint density at radius 1 is 1.19 bits per heavy atom. The monoisotopic (exact) mass is 448 g/mol. The van der Waals surface area contributed by atoms with Crippen molar-refractivity contribution in [1.29, 1.82) is 0 Å². The molecule has 1 fully saturated rings. The molecule has 1 N–H and O–H groups in total. The first-order chi connectivity index (χ1) is 13.0. The summed E-state index contributed by atoms with van der Waals surface area (Å²) >= 11 is 4.04. The standard InChI is InChI=1S/C19H14BrFN2O3S/c20-13-6-7-15(21)14(11-13)17(24)22-8-9-23-18(25)16(27-19(23)26)10-12-4-2-1-3-5-12/h1-7,10-11H,8-9H2,(H,22,24)/b16-10-. The number of amides is 3. The van der Waals surface area contributed by atoms with Gasteiger partial charge in [0.1, 0.15) is 5.82 Å². The minimum absolute atomic E-state index is 0.0121. The van der Waals surface area contributed by atoms with Gasteiger partial charge in [0.05, 0.1) is 10.5 Å². The topological polar surface area (TPSA) is 66.5 Å². The van der Waals surface area contributed by atoms with Gasteiger partial charge in [0.2, 0.25) is 0 Å². The van der Waals surface area contributed by atoms with E-state index >= 15 is 0 Å². The van der Waals surface area contributed by atoms with E-state index in [1.807, 2.05) is 30.3 Å². The second-order valence-electron chi connectivity index (χ2n) is 5.62. The summed E-state index contributed by atoms with van der Waals surface area (Å²) in [5.74, 6) is -1.66. The molecule has 0 saturated carbocycles. The van der Waals surface area contributed by atoms with Crippen molar-refractivity contribution in [3.05, 3.63) is 74.9 Å². The van der Waals surface area contributed by atoms with E-state index in [-0.39, 0.29) is 18.7 Å². The summed E-state index contributed by atoms with van der Waals surface area (Å²) in [6.45, 7) is 0.0413. The molecule has 0 atom stereocenters. The molecule has 138 valence electrons. The molecule has 1 aliphatic rings. The highest BCUT2D eigenvalue weighted by Gasteiger charge is 2.34. The van der Waals surface area contributed by atoms with Gasteiger partial charge in [0, 0.05) is 17.6 Å². The number of thioether (sulfide) groups is 1. The van der Waals surface area contributed by atoms with E-state index in [1.54, 1.807) is 6.08 Å². The van der Waals surface area contributed by atoms with E-state index in [0.29, 0.717) is 9.38 Å². The number of rotatable bonds is 5. The zero-order chi connectivity index (χ0) is 19.4. The van der Waals surface area contributed by atoms with E-state index < -0.39 is 22.9 Å². The van der Waals surface area contributed by atoms with Crippen LogP contribution in [0.4, 0.5) is 9.18 Å². The first-order valence-electron chi connectivity index (χ1n) is 7.99. The van der Waals surface area contributed by atoms with Crippen LogP contribution in [0.3, 0.4) is 0 Å². The van der Waals surface area contributed by atoms with E-state index in [9.17, 15) is 18.8 Å². The molecule has 1 heterocycles. The number of nitrogens with zero attached hydrogens (tertiary/aromatic N) is 1. The molecule has 8 heteroatoms. The number of hydrogen-bond donors (Lipinski definition) is 1. The normalized spacial score (nSPS) is 15.5. The molecule has 5 nitrogen and oxygen atoms in total. The largest absolute Gasteiger partial charge is 0.350 e. The fraction of sp³-hybridized carbons (Fsp3) is 0.105. The molecule has 0 radical (unpaired) electrons. The molecule has 0 aromatic heterocycles. The number of benzene rings is 2. The Morgan fingerprint density at radius 2 is 1.93 bits per heavy atom. The maximum Gasteiger partial charge on any atom is 0.293 e. The van der Waals surface area contributed by atoms with Crippen molar-refractivity contribution in [3.63, 3.8) is 0 Å². The Kier molecular flexibility index (Phi) is 6.08. The van der Waals surface area contributed by atoms with E-state index in [4.69, 9.17) is 0 Å². The molecular formula is C19H14BrFN2O3S. The molecule has 0 spiro atoms. The molecule has 2 aromatic rings. The van der Waals surface area contributed by atoms with Crippen molar-refractivity contribution in [2.45, 2.75) is 0 Å². The van der Waals surface area contributed by atoms with Crippen LogP contribution in [0.1, 0.15) is 15.9 Å². The molecule has 3 amide bonds. The van der Waals surface area contributed by atoms with Crippen LogP contribution in [-0.2, 0) is 4.79 Å². The third-order valence-corrected chi connectivity index (χ3v) is 5.17. The Labute approximate surface area is 167 Å². The third kappa shape index (κ3) is 4.64. The maximum absolute atomic E-state index is 13.7. The lowest BCUT2D eigenvalue weighted by atomic mass is 10.2. The highest BCUT2D eigenvalue weighted by Crippen LogP contribution is 2.31. The number of imide groups is 1. The molecule has 27 heavy (non-hydrogen) atoms. The van der Waals surface area contributed by atoms with Gasteiger partial charge in [-0.05, 0) is 41.6 Å². The van der Waals surface area contributed by atoms with Crippen molar-refractivity contribution in [2.75, 3.05) is 13.1 Å². The third-order valence-electron chi connectivity index (χ3n) is 3.76. The first kappa shape index (κ1) is 19.3. The second-order valence-corrected chi connectivity index (χ2v) is 7.53. The Morgan fingerprint density at radius 3 is 2.67 bits per heavy atom. The van der Waals surface area contributed by atoms with E-state index in [0.717, 1.165) is 22.2 Å². The minimum atomic E-state index is -0.646.